The van der Waals surface area contributed by atoms with Gasteiger partial charge >= 0.3 is 0 Å². The Labute approximate surface area is 377 Å². The summed E-state index contributed by atoms with van der Waals surface area (Å²) in [5, 5.41) is 54.2. The number of β-amino-alcohol motifs (C(OH)–C–C–N with tert-alkyl or cyclic N) is 2. The fourth-order valence-corrected chi connectivity index (χ4v) is 7.24. The van der Waals surface area contributed by atoms with Crippen LogP contribution in [0.4, 0.5) is 0 Å². The highest BCUT2D eigenvalue weighted by Crippen LogP contribution is 2.31. The molecule has 366 valence electrons. The number of epoxide rings is 3. The molecule has 6 fully saturated rings. The highest BCUT2D eigenvalue weighted by Gasteiger charge is 2.47. The van der Waals surface area contributed by atoms with Crippen molar-refractivity contribution in [2.45, 2.75) is 74.1 Å². The minimum Gasteiger partial charge on any atom is -0.394 e. The standard InChI is InChI=1S/C12H17NO2.C11H13NO.C6H12O7S2.C5H11NO2.C4H8O3.C4H8O2/c1-15-12-9-13(8-11(12)14)7-10-5-3-2-4-6-10;1-2-4-9(5-3-1)6-12-7-10-11(8-12)13-10;1-14(7,8)11-3-5-6(13-5)4-12-15(2,9)10;1-8-5-3-6-2-4(5)7;5-1-3-4(2-6)7-3;5-3-1-2-4-6/h2-6,11-12,14H,7-9H2,1H3;1-5,10-11H,6-8H2;5-6H,3-4H2,1-2H3;4-7H,2-3H2,1H3;3-6H,1-2H2;1-2,5-6H,3-4H2/b;;;;;2-1-. The van der Waals surface area contributed by atoms with Crippen LogP contribution in [-0.4, -0.2) is 224 Å². The van der Waals surface area contributed by atoms with Gasteiger partial charge in [-0.3, -0.25) is 18.2 Å². The molecular weight excluding hydrogens is 883 g/mol. The SMILES string of the molecule is COC1CN(Cc2ccccc2)CC1O.COC1CNCC1O.CS(=O)(=O)OCC1OC1COS(C)(=O)=O.OC/C=C\CO.OCC1OC1CO.c1ccc(CN2CC3OC3C2)cc1. The third-order valence-electron chi connectivity index (χ3n) is 10.1. The van der Waals surface area contributed by atoms with Gasteiger partial charge in [-0.05, 0) is 11.1 Å². The molecule has 6 heterocycles. The van der Waals surface area contributed by atoms with E-state index in [4.69, 9.17) is 49.2 Å². The fourth-order valence-electron chi connectivity index (χ4n) is 6.47. The van der Waals surface area contributed by atoms with Gasteiger partial charge in [0.2, 0.25) is 0 Å². The van der Waals surface area contributed by atoms with E-state index in [0.29, 0.717) is 25.3 Å². The summed E-state index contributed by atoms with van der Waals surface area (Å²) in [4.78, 5) is 4.68. The molecule has 64 heavy (non-hydrogen) atoms. The van der Waals surface area contributed by atoms with Crippen LogP contribution in [0.3, 0.4) is 0 Å². The zero-order valence-electron chi connectivity index (χ0n) is 37.0. The number of nitrogens with zero attached hydrogens (tertiary/aromatic N) is 2. The summed E-state index contributed by atoms with van der Waals surface area (Å²) < 4.78 is 76.4. The Morgan fingerprint density at radius 2 is 1.05 bits per heavy atom. The Kier molecular flexibility index (Phi) is 25.5. The molecule has 0 bridgehead atoms. The van der Waals surface area contributed by atoms with E-state index < -0.39 is 32.4 Å². The van der Waals surface area contributed by atoms with Crippen LogP contribution in [-0.2, 0) is 65.4 Å². The number of methoxy groups -OCH3 is 2. The lowest BCUT2D eigenvalue weighted by Gasteiger charge is -2.16. The second kappa shape index (κ2) is 29.3. The molecule has 7 N–H and O–H groups in total. The predicted molar refractivity (Wildman–Crippen MR) is 235 cm³/mol. The molecule has 0 aromatic heterocycles. The van der Waals surface area contributed by atoms with E-state index in [-0.39, 0.29) is 76.3 Å². The molecule has 10 unspecified atom stereocenters. The monoisotopic (exact) mass is 951 g/mol. The molecule has 22 heteroatoms. The van der Waals surface area contributed by atoms with Gasteiger partial charge in [-0.2, -0.15) is 16.8 Å². The number of likely N-dealkylation sites (tertiary alicyclic amines) is 2. The molecule has 0 radical (unpaired) electrons. The van der Waals surface area contributed by atoms with Gasteiger partial charge in [-0.25, -0.2) is 0 Å². The number of rotatable bonds is 16. The lowest BCUT2D eigenvalue weighted by Crippen LogP contribution is -2.25. The molecule has 6 aliphatic rings. The zero-order valence-corrected chi connectivity index (χ0v) is 38.6. The first-order valence-electron chi connectivity index (χ1n) is 20.9. The quantitative estimate of drug-likeness (QED) is 0.0549. The second-order valence-corrected chi connectivity index (χ2v) is 18.8. The van der Waals surface area contributed by atoms with Crippen molar-refractivity contribution in [3.8, 4) is 0 Å². The summed E-state index contributed by atoms with van der Waals surface area (Å²) in [5.41, 5.74) is 2.69. The number of morpholine rings is 1. The Bertz CT molecular complexity index is 1740. The van der Waals surface area contributed by atoms with E-state index in [2.05, 4.69) is 65.9 Å². The maximum absolute atomic E-state index is 10.6. The molecule has 6 saturated heterocycles. The van der Waals surface area contributed by atoms with Gasteiger partial charge in [-0.15, -0.1) is 0 Å². The number of hydrogen-bond acceptors (Lipinski definition) is 20. The van der Waals surface area contributed by atoms with Crippen LogP contribution in [0, 0.1) is 0 Å². The van der Waals surface area contributed by atoms with Gasteiger partial charge < -0.3 is 59.6 Å². The summed E-state index contributed by atoms with van der Waals surface area (Å²) in [7, 11) is -3.71. The zero-order chi connectivity index (χ0) is 47.1. The Balaban J connectivity index is 0.000000211. The number of hydrogen-bond donors (Lipinski definition) is 7. The summed E-state index contributed by atoms with van der Waals surface area (Å²) in [6.07, 6.45) is 4.28. The molecule has 20 nitrogen and oxygen atoms in total. The van der Waals surface area contributed by atoms with Gasteiger partial charge in [0.25, 0.3) is 20.2 Å². The van der Waals surface area contributed by atoms with Crippen molar-refractivity contribution >= 4 is 20.2 Å². The summed E-state index contributed by atoms with van der Waals surface area (Å²) in [6, 6.07) is 20.9. The molecule has 0 amide bonds. The van der Waals surface area contributed by atoms with Gasteiger partial charge in [0.05, 0.1) is 88.8 Å². The van der Waals surface area contributed by atoms with Crippen molar-refractivity contribution in [2.24, 2.45) is 0 Å². The molecule has 10 atom stereocenters. The first-order valence-corrected chi connectivity index (χ1v) is 24.5. The van der Waals surface area contributed by atoms with Crippen molar-refractivity contribution in [1.29, 1.82) is 0 Å². The van der Waals surface area contributed by atoms with E-state index >= 15 is 0 Å². The van der Waals surface area contributed by atoms with E-state index in [1.165, 1.54) is 23.3 Å². The maximum atomic E-state index is 10.6. The first kappa shape index (κ1) is 55.8. The summed E-state index contributed by atoms with van der Waals surface area (Å²) in [6.45, 7) is 7.04. The van der Waals surface area contributed by atoms with Crippen LogP contribution in [0.1, 0.15) is 11.1 Å². The summed E-state index contributed by atoms with van der Waals surface area (Å²) >= 11 is 0. The van der Waals surface area contributed by atoms with E-state index in [0.717, 1.165) is 51.8 Å². The minimum atomic E-state index is -3.49. The average Bonchev–Trinajstić information content (AvgIpc) is 4.23. The number of benzene rings is 2. The van der Waals surface area contributed by atoms with Gasteiger partial charge in [0.1, 0.15) is 24.4 Å². The number of aliphatic hydroxyl groups excluding tert-OH is 6. The lowest BCUT2D eigenvalue weighted by atomic mass is 10.2. The predicted octanol–water partition coefficient (Wildman–Crippen LogP) is -1.91. The molecule has 2 aromatic rings. The Hall–Kier alpha value is -2.56. The van der Waals surface area contributed by atoms with Crippen LogP contribution in [0.15, 0.2) is 72.8 Å². The number of nitrogens with one attached hydrogen (secondary N) is 1. The lowest BCUT2D eigenvalue weighted by molar-refractivity contribution is 0.0214. The summed E-state index contributed by atoms with van der Waals surface area (Å²) in [5.74, 6) is 0. The van der Waals surface area contributed by atoms with Crippen molar-refractivity contribution in [3.05, 3.63) is 83.9 Å². The van der Waals surface area contributed by atoms with Crippen molar-refractivity contribution < 1.29 is 79.5 Å². The molecular formula is C42H69N3O17S2. The van der Waals surface area contributed by atoms with Crippen LogP contribution < -0.4 is 5.32 Å². The van der Waals surface area contributed by atoms with Crippen LogP contribution >= 0.6 is 0 Å². The number of aliphatic hydroxyl groups is 6. The Morgan fingerprint density at radius 1 is 0.609 bits per heavy atom. The molecule has 2 aromatic carbocycles. The molecule has 0 saturated carbocycles. The maximum Gasteiger partial charge on any atom is 0.264 e. The second-order valence-electron chi connectivity index (χ2n) is 15.5. The number of fused-ring (bicyclic) bond motifs is 1. The Morgan fingerprint density at radius 3 is 1.38 bits per heavy atom. The highest BCUT2D eigenvalue weighted by atomic mass is 32.2. The van der Waals surface area contributed by atoms with Crippen molar-refractivity contribution in [3.63, 3.8) is 0 Å². The number of ether oxygens (including phenoxy) is 5. The van der Waals surface area contributed by atoms with Gasteiger partial charge in [0.15, 0.2) is 0 Å². The first-order chi connectivity index (χ1) is 30.5. The van der Waals surface area contributed by atoms with Gasteiger partial charge in [0, 0.05) is 66.6 Å². The van der Waals surface area contributed by atoms with E-state index in [1.807, 2.05) is 18.2 Å². The molecule has 0 aliphatic carbocycles. The van der Waals surface area contributed by atoms with Crippen LogP contribution in [0.25, 0.3) is 0 Å². The van der Waals surface area contributed by atoms with Crippen LogP contribution in [0.5, 0.6) is 0 Å². The van der Waals surface area contributed by atoms with Crippen molar-refractivity contribution in [2.75, 3.05) is 106 Å². The van der Waals surface area contributed by atoms with E-state index in [1.54, 1.807) is 14.2 Å². The third-order valence-corrected chi connectivity index (χ3v) is 11.2. The minimum absolute atomic E-state index is 0.00926. The molecule has 8 rings (SSSR count). The third kappa shape index (κ3) is 23.8. The normalized spacial score (nSPS) is 29.0. The highest BCUT2D eigenvalue weighted by molar-refractivity contribution is 7.86. The average molecular weight is 952 g/mol. The topological polar surface area (TPSA) is 283 Å². The molecule has 0 spiro atoms. The van der Waals surface area contributed by atoms with Gasteiger partial charge in [-0.1, -0.05) is 72.8 Å². The van der Waals surface area contributed by atoms with E-state index in [9.17, 15) is 21.9 Å². The van der Waals surface area contributed by atoms with Crippen molar-refractivity contribution in [1.82, 2.24) is 15.1 Å². The fraction of sp³-hybridized carbons (Fsp3) is 0.667. The largest absolute Gasteiger partial charge is 0.394 e. The van der Waals surface area contributed by atoms with Crippen LogP contribution in [0.2, 0.25) is 0 Å². The smallest absolute Gasteiger partial charge is 0.264 e. The molecule has 6 aliphatic heterocycles.